The SMILES string of the molecule is O=c1[nH]c(O)c(/C=c2\ccc3c(c2)-c2ccccc2N=3)[nH]1. The van der Waals surface area contributed by atoms with Crippen LogP contribution in [-0.4, -0.2) is 15.1 Å². The van der Waals surface area contributed by atoms with Crippen molar-refractivity contribution >= 4 is 11.8 Å². The van der Waals surface area contributed by atoms with Crippen molar-refractivity contribution in [2.45, 2.75) is 0 Å². The second kappa shape index (κ2) is 4.21. The molecule has 5 heteroatoms. The molecule has 0 atom stereocenters. The number of rotatable bonds is 1. The van der Waals surface area contributed by atoms with Gasteiger partial charge in [0.15, 0.2) is 0 Å². The van der Waals surface area contributed by atoms with Gasteiger partial charge in [0.25, 0.3) is 0 Å². The van der Waals surface area contributed by atoms with Gasteiger partial charge >= 0.3 is 5.69 Å². The van der Waals surface area contributed by atoms with Crippen molar-refractivity contribution in [1.29, 1.82) is 0 Å². The van der Waals surface area contributed by atoms with Crippen LogP contribution in [0.4, 0.5) is 5.69 Å². The number of benzene rings is 2. The number of nitrogens with one attached hydrogen (secondary N) is 2. The Morgan fingerprint density at radius 2 is 1.90 bits per heavy atom. The zero-order chi connectivity index (χ0) is 14.4. The Kier molecular flexibility index (Phi) is 2.35. The summed E-state index contributed by atoms with van der Waals surface area (Å²) in [4.78, 5) is 20.5. The van der Waals surface area contributed by atoms with E-state index in [0.717, 1.165) is 27.4 Å². The lowest BCUT2D eigenvalue weighted by Gasteiger charge is -1.98. The van der Waals surface area contributed by atoms with Crippen LogP contribution in [0.15, 0.2) is 52.3 Å². The fourth-order valence-electron chi connectivity index (χ4n) is 2.54. The number of H-pyrrole nitrogens is 2. The van der Waals surface area contributed by atoms with E-state index in [0.29, 0.717) is 5.69 Å². The Balaban J connectivity index is 1.92. The molecule has 1 aliphatic heterocycles. The number of aromatic hydroxyl groups is 1. The first-order valence-corrected chi connectivity index (χ1v) is 6.52. The van der Waals surface area contributed by atoms with Crippen LogP contribution in [0.25, 0.3) is 17.2 Å². The largest absolute Gasteiger partial charge is 0.493 e. The zero-order valence-corrected chi connectivity index (χ0v) is 10.9. The molecule has 0 saturated carbocycles. The highest BCUT2D eigenvalue weighted by Gasteiger charge is 2.12. The Morgan fingerprint density at radius 3 is 2.71 bits per heavy atom. The van der Waals surface area contributed by atoms with Gasteiger partial charge in [0.05, 0.1) is 11.0 Å². The molecule has 3 N–H and O–H groups in total. The van der Waals surface area contributed by atoms with Gasteiger partial charge in [-0.2, -0.15) is 0 Å². The Bertz CT molecular complexity index is 1030. The minimum Gasteiger partial charge on any atom is -0.493 e. The minimum absolute atomic E-state index is 0.161. The Hall–Kier alpha value is -3.08. The summed E-state index contributed by atoms with van der Waals surface area (Å²) >= 11 is 0. The number of nitrogens with zero attached hydrogens (tertiary/aromatic N) is 1. The van der Waals surface area contributed by atoms with Crippen molar-refractivity contribution < 1.29 is 5.11 Å². The second-order valence-corrected chi connectivity index (χ2v) is 4.89. The van der Waals surface area contributed by atoms with Gasteiger partial charge in [-0.05, 0) is 29.5 Å². The van der Waals surface area contributed by atoms with E-state index in [1.165, 1.54) is 0 Å². The second-order valence-electron chi connectivity index (χ2n) is 4.89. The molecule has 0 amide bonds. The molecule has 1 aromatic heterocycles. The molecule has 0 radical (unpaired) electrons. The minimum atomic E-state index is -0.430. The lowest BCUT2D eigenvalue weighted by Crippen LogP contribution is -2.09. The number of para-hydroxylation sites is 1. The van der Waals surface area contributed by atoms with Crippen LogP contribution in [0.5, 0.6) is 5.88 Å². The molecule has 2 heterocycles. The molecular weight excluding hydrogens is 266 g/mol. The summed E-state index contributed by atoms with van der Waals surface area (Å²) in [5, 5.41) is 11.4. The van der Waals surface area contributed by atoms with Crippen molar-refractivity contribution in [1.82, 2.24) is 9.97 Å². The molecular formula is C16H11N3O2. The van der Waals surface area contributed by atoms with Crippen LogP contribution in [0.2, 0.25) is 0 Å². The van der Waals surface area contributed by atoms with Crippen molar-refractivity contribution in [2.24, 2.45) is 4.99 Å². The third-order valence-electron chi connectivity index (χ3n) is 3.50. The molecule has 1 aliphatic rings. The maximum Gasteiger partial charge on any atom is 0.326 e. The van der Waals surface area contributed by atoms with Gasteiger partial charge in [0.2, 0.25) is 5.88 Å². The lowest BCUT2D eigenvalue weighted by molar-refractivity contribution is 0.454. The summed E-state index contributed by atoms with van der Waals surface area (Å²) < 4.78 is 0. The Labute approximate surface area is 118 Å². The number of imidazole rings is 1. The monoisotopic (exact) mass is 277 g/mol. The fourth-order valence-corrected chi connectivity index (χ4v) is 2.54. The maximum atomic E-state index is 11.1. The summed E-state index contributed by atoms with van der Waals surface area (Å²) in [7, 11) is 0. The predicted octanol–water partition coefficient (Wildman–Crippen LogP) is 1.17. The molecule has 0 spiro atoms. The molecule has 5 nitrogen and oxygen atoms in total. The fraction of sp³-hybridized carbons (Fsp3) is 0. The predicted molar refractivity (Wildman–Crippen MR) is 79.0 cm³/mol. The van der Waals surface area contributed by atoms with Crippen LogP contribution in [0, 0.1) is 0 Å². The van der Waals surface area contributed by atoms with Crippen molar-refractivity contribution in [3.8, 4) is 17.0 Å². The molecule has 2 aromatic carbocycles. The molecule has 3 aromatic rings. The molecule has 0 unspecified atom stereocenters. The Morgan fingerprint density at radius 1 is 1.05 bits per heavy atom. The molecule has 21 heavy (non-hydrogen) atoms. The van der Waals surface area contributed by atoms with Crippen LogP contribution in [0.1, 0.15) is 5.69 Å². The smallest absolute Gasteiger partial charge is 0.326 e. The van der Waals surface area contributed by atoms with E-state index in [1.54, 1.807) is 6.08 Å². The highest BCUT2D eigenvalue weighted by Crippen LogP contribution is 2.30. The van der Waals surface area contributed by atoms with E-state index in [1.807, 2.05) is 42.5 Å². The van der Waals surface area contributed by atoms with Crippen LogP contribution < -0.4 is 16.3 Å². The number of aromatic nitrogens is 2. The highest BCUT2D eigenvalue weighted by molar-refractivity contribution is 5.79. The van der Waals surface area contributed by atoms with E-state index >= 15 is 0 Å². The summed E-state index contributed by atoms with van der Waals surface area (Å²) in [5.41, 5.74) is 3.04. The van der Waals surface area contributed by atoms with E-state index in [2.05, 4.69) is 15.0 Å². The molecule has 4 rings (SSSR count). The number of fused-ring (bicyclic) bond motifs is 3. The van der Waals surface area contributed by atoms with Crippen molar-refractivity contribution in [3.63, 3.8) is 0 Å². The van der Waals surface area contributed by atoms with Gasteiger partial charge < -0.3 is 10.1 Å². The quantitative estimate of drug-likeness (QED) is 0.488. The standard InChI is InChI=1S/C16H11N3O2/c20-15-14(18-16(21)19-15)8-9-5-6-13-11(7-9)10-3-1-2-4-12(10)17-13/h1-8,20H,(H2,18,19,21)/b9-8+. The first-order chi connectivity index (χ1) is 10.2. The summed E-state index contributed by atoms with van der Waals surface area (Å²) in [6.07, 6.45) is 1.72. The van der Waals surface area contributed by atoms with Gasteiger partial charge in [-0.3, -0.25) is 4.98 Å². The lowest BCUT2D eigenvalue weighted by atomic mass is 10.0. The zero-order valence-electron chi connectivity index (χ0n) is 10.9. The van der Waals surface area contributed by atoms with E-state index < -0.39 is 5.69 Å². The van der Waals surface area contributed by atoms with Gasteiger partial charge in [-0.15, -0.1) is 0 Å². The number of aromatic amines is 2. The van der Waals surface area contributed by atoms with Gasteiger partial charge in [-0.25, -0.2) is 9.79 Å². The first kappa shape index (κ1) is 11.7. The summed E-state index contributed by atoms with van der Waals surface area (Å²) in [6, 6.07) is 13.8. The number of hydrogen-bond donors (Lipinski definition) is 3. The van der Waals surface area contributed by atoms with Gasteiger partial charge in [-0.1, -0.05) is 24.3 Å². The summed E-state index contributed by atoms with van der Waals surface area (Å²) in [6.45, 7) is 0. The van der Waals surface area contributed by atoms with Crippen molar-refractivity contribution in [2.75, 3.05) is 0 Å². The van der Waals surface area contributed by atoms with Crippen LogP contribution in [-0.2, 0) is 0 Å². The first-order valence-electron chi connectivity index (χ1n) is 6.52. The highest BCUT2D eigenvalue weighted by atomic mass is 16.3. The van der Waals surface area contributed by atoms with Gasteiger partial charge in [0.1, 0.15) is 5.69 Å². The molecule has 0 aliphatic carbocycles. The molecule has 0 bridgehead atoms. The van der Waals surface area contributed by atoms with E-state index in [4.69, 9.17) is 0 Å². The average Bonchev–Trinajstić information content (AvgIpc) is 2.99. The third kappa shape index (κ3) is 1.87. The molecule has 0 fully saturated rings. The average molecular weight is 277 g/mol. The topological polar surface area (TPSA) is 81.2 Å². The maximum absolute atomic E-state index is 11.1. The third-order valence-corrected chi connectivity index (χ3v) is 3.50. The molecule has 102 valence electrons. The number of hydrogen-bond acceptors (Lipinski definition) is 3. The van der Waals surface area contributed by atoms with Crippen molar-refractivity contribution in [3.05, 3.63) is 69.2 Å². The van der Waals surface area contributed by atoms with Crippen LogP contribution >= 0.6 is 0 Å². The normalized spacial score (nSPS) is 12.9. The van der Waals surface area contributed by atoms with E-state index in [9.17, 15) is 9.90 Å². The summed E-state index contributed by atoms with van der Waals surface area (Å²) in [5.74, 6) is -0.161. The van der Waals surface area contributed by atoms with Crippen LogP contribution in [0.3, 0.4) is 0 Å². The molecule has 0 saturated heterocycles. The van der Waals surface area contributed by atoms with E-state index in [-0.39, 0.29) is 5.88 Å². The van der Waals surface area contributed by atoms with Gasteiger partial charge in [0, 0.05) is 11.1 Å².